The highest BCUT2D eigenvalue weighted by molar-refractivity contribution is 6.30. The minimum atomic E-state index is -1.28. The van der Waals surface area contributed by atoms with Crippen molar-refractivity contribution in [2.45, 2.75) is 57.1 Å². The minimum absolute atomic E-state index is 0.174. The first-order valence-corrected chi connectivity index (χ1v) is 15.6. The maximum absolute atomic E-state index is 14.9. The van der Waals surface area contributed by atoms with E-state index in [0.717, 1.165) is 73.5 Å². The van der Waals surface area contributed by atoms with Crippen molar-refractivity contribution in [1.29, 1.82) is 0 Å². The van der Waals surface area contributed by atoms with Gasteiger partial charge in [0.15, 0.2) is 17.3 Å². The summed E-state index contributed by atoms with van der Waals surface area (Å²) in [7, 11) is 0. The molecule has 12 heteroatoms. The predicted octanol–water partition coefficient (Wildman–Crippen LogP) is 5.98. The average Bonchev–Trinajstić information content (AvgIpc) is 3.69. The third-order valence-electron chi connectivity index (χ3n) is 9.14. The standard InChI is InChI=1S/C33H31ClFN5O5/c1-33(24-7-6-21(34)16-25(24)35)43-28-4-2-3-23(30(28)44-33)19-9-12-39(13-10-19)18-29-36-26-15-20(31-37-32(41)45-38-31)5-8-27(26)40(29)17-22-11-14-42-22/h2-8,15-16,19,22H,9-14,17-18H2,1H3,(H,37,38,41)/t22-,33?/m0/s1. The molecule has 2 saturated heterocycles. The molecule has 45 heavy (non-hydrogen) atoms. The molecule has 0 amide bonds. The Balaban J connectivity index is 1.00. The Morgan fingerprint density at radius 2 is 1.93 bits per heavy atom. The van der Waals surface area contributed by atoms with Gasteiger partial charge in [-0.1, -0.05) is 28.9 Å². The second-order valence-electron chi connectivity index (χ2n) is 12.1. The van der Waals surface area contributed by atoms with Crippen LogP contribution < -0.4 is 15.2 Å². The van der Waals surface area contributed by atoms with Gasteiger partial charge >= 0.3 is 5.76 Å². The Morgan fingerprint density at radius 3 is 2.67 bits per heavy atom. The molecule has 0 radical (unpaired) electrons. The number of benzene rings is 3. The van der Waals surface area contributed by atoms with Gasteiger partial charge in [0, 0.05) is 29.7 Å². The van der Waals surface area contributed by atoms with E-state index in [1.165, 1.54) is 6.07 Å². The molecule has 2 atom stereocenters. The van der Waals surface area contributed by atoms with Gasteiger partial charge in [0.2, 0.25) is 0 Å². The van der Waals surface area contributed by atoms with Crippen LogP contribution in [0.15, 0.2) is 63.9 Å². The molecule has 3 aliphatic rings. The largest absolute Gasteiger partial charge is 0.444 e. The zero-order chi connectivity index (χ0) is 30.7. The highest BCUT2D eigenvalue weighted by Gasteiger charge is 2.43. The second-order valence-corrected chi connectivity index (χ2v) is 12.5. The summed E-state index contributed by atoms with van der Waals surface area (Å²) in [5, 5.41) is 4.15. The van der Waals surface area contributed by atoms with Crippen LogP contribution in [0.25, 0.3) is 22.4 Å². The van der Waals surface area contributed by atoms with Gasteiger partial charge in [-0.15, -0.1) is 0 Å². The highest BCUT2D eigenvalue weighted by Crippen LogP contribution is 2.50. The number of fused-ring (bicyclic) bond motifs is 2. The molecule has 8 rings (SSSR count). The molecule has 3 aromatic carbocycles. The van der Waals surface area contributed by atoms with Crippen molar-refractivity contribution in [3.8, 4) is 22.9 Å². The Bertz CT molecular complexity index is 1960. The number of H-pyrrole nitrogens is 1. The SMILES string of the molecule is CC1(c2ccc(Cl)cc2F)Oc2cccc(C3CCN(Cc4nc5cc(-c6noc(=O)[nH]6)ccc5n4C[C@@H]4CCO4)CC3)c2O1. The number of piperidine rings is 1. The van der Waals surface area contributed by atoms with Crippen molar-refractivity contribution in [3.63, 3.8) is 0 Å². The van der Waals surface area contributed by atoms with Crippen molar-refractivity contribution < 1.29 is 23.1 Å². The molecule has 2 aromatic heterocycles. The lowest BCUT2D eigenvalue weighted by atomic mass is 9.88. The van der Waals surface area contributed by atoms with Gasteiger partial charge in [-0.3, -0.25) is 14.4 Å². The van der Waals surface area contributed by atoms with Crippen LogP contribution in [-0.2, 0) is 23.6 Å². The summed E-state index contributed by atoms with van der Waals surface area (Å²) in [6.07, 6.45) is 3.07. The van der Waals surface area contributed by atoms with Crippen LogP contribution in [0.3, 0.4) is 0 Å². The molecule has 0 spiro atoms. The van der Waals surface area contributed by atoms with Crippen LogP contribution in [0.2, 0.25) is 5.02 Å². The van der Waals surface area contributed by atoms with Crippen molar-refractivity contribution >= 4 is 22.6 Å². The van der Waals surface area contributed by atoms with Crippen LogP contribution >= 0.6 is 11.6 Å². The van der Waals surface area contributed by atoms with Crippen molar-refractivity contribution in [2.24, 2.45) is 0 Å². The fourth-order valence-electron chi connectivity index (χ4n) is 6.68. The van der Waals surface area contributed by atoms with E-state index in [-0.39, 0.29) is 12.0 Å². The molecule has 1 unspecified atom stereocenters. The number of aromatic nitrogens is 4. The van der Waals surface area contributed by atoms with Crippen molar-refractivity contribution in [2.75, 3.05) is 19.7 Å². The number of likely N-dealkylation sites (tertiary alicyclic amines) is 1. The Kier molecular flexibility index (Phi) is 6.92. The lowest BCUT2D eigenvalue weighted by molar-refractivity contribution is -0.0712. The van der Waals surface area contributed by atoms with Gasteiger partial charge in [0.05, 0.1) is 35.8 Å². The van der Waals surface area contributed by atoms with Gasteiger partial charge in [-0.05, 0) is 80.7 Å². The van der Waals surface area contributed by atoms with Crippen LogP contribution in [0.5, 0.6) is 11.5 Å². The third kappa shape index (κ3) is 5.18. The topological polar surface area (TPSA) is 108 Å². The van der Waals surface area contributed by atoms with E-state index in [4.69, 9.17) is 35.3 Å². The monoisotopic (exact) mass is 631 g/mol. The van der Waals surface area contributed by atoms with Crippen molar-refractivity contribution in [3.05, 3.63) is 92.9 Å². The van der Waals surface area contributed by atoms with Gasteiger partial charge in [-0.2, -0.15) is 0 Å². The Labute approximate surface area is 262 Å². The van der Waals surface area contributed by atoms with E-state index in [2.05, 4.69) is 25.7 Å². The third-order valence-corrected chi connectivity index (χ3v) is 9.38. The number of hydrogen-bond donors (Lipinski definition) is 1. The van der Waals surface area contributed by atoms with E-state index in [1.54, 1.807) is 19.1 Å². The molecule has 5 heterocycles. The number of para-hydroxylation sites is 1. The molecule has 10 nitrogen and oxygen atoms in total. The number of rotatable bonds is 7. The molecule has 5 aromatic rings. The number of halogens is 2. The predicted molar refractivity (Wildman–Crippen MR) is 164 cm³/mol. The summed E-state index contributed by atoms with van der Waals surface area (Å²) < 4.78 is 40.2. The number of imidazole rings is 1. The minimum Gasteiger partial charge on any atom is -0.444 e. The summed E-state index contributed by atoms with van der Waals surface area (Å²) in [5.74, 6) is 0.585. The summed E-state index contributed by atoms with van der Waals surface area (Å²) in [4.78, 5) is 21.6. The lowest BCUT2D eigenvalue weighted by Crippen LogP contribution is -2.35. The maximum atomic E-state index is 14.9. The second kappa shape index (κ2) is 11.0. The number of nitrogens with one attached hydrogen (secondary N) is 1. The smallest absolute Gasteiger partial charge is 0.439 e. The molecule has 1 N–H and O–H groups in total. The zero-order valence-electron chi connectivity index (χ0n) is 24.6. The number of nitrogens with zero attached hydrogens (tertiary/aromatic N) is 4. The molecule has 232 valence electrons. The van der Waals surface area contributed by atoms with E-state index in [9.17, 15) is 9.18 Å². The van der Waals surface area contributed by atoms with Crippen molar-refractivity contribution in [1.82, 2.24) is 24.6 Å². The molecule has 0 aliphatic carbocycles. The molecule has 3 aliphatic heterocycles. The van der Waals surface area contributed by atoms with Gasteiger partial charge in [0.1, 0.15) is 11.6 Å². The molecule has 2 fully saturated rings. The first kappa shape index (κ1) is 28.3. The van der Waals surface area contributed by atoms with Crippen LogP contribution in [0, 0.1) is 5.82 Å². The quantitative estimate of drug-likeness (QED) is 0.234. The fourth-order valence-corrected chi connectivity index (χ4v) is 6.84. The molecular formula is C33H31ClFN5O5. The van der Waals surface area contributed by atoms with E-state index < -0.39 is 17.4 Å². The summed E-state index contributed by atoms with van der Waals surface area (Å²) >= 11 is 5.99. The average molecular weight is 632 g/mol. The van der Waals surface area contributed by atoms with Crippen LogP contribution in [0.1, 0.15) is 49.1 Å². The summed E-state index contributed by atoms with van der Waals surface area (Å²) in [6, 6.07) is 16.3. The van der Waals surface area contributed by atoms with Crippen LogP contribution in [0.4, 0.5) is 4.39 Å². The molecule has 0 bridgehead atoms. The summed E-state index contributed by atoms with van der Waals surface area (Å²) in [5.41, 5.74) is 3.97. The van der Waals surface area contributed by atoms with E-state index >= 15 is 0 Å². The number of ether oxygens (including phenoxy) is 3. The highest BCUT2D eigenvalue weighted by atomic mass is 35.5. The molecule has 0 saturated carbocycles. The Morgan fingerprint density at radius 1 is 1.09 bits per heavy atom. The van der Waals surface area contributed by atoms with Crippen LogP contribution in [-0.4, -0.2) is 50.4 Å². The normalized spacial score (nSPS) is 21.8. The summed E-state index contributed by atoms with van der Waals surface area (Å²) in [6.45, 7) is 5.73. The number of aromatic amines is 1. The van der Waals surface area contributed by atoms with Gasteiger partial charge in [0.25, 0.3) is 5.79 Å². The van der Waals surface area contributed by atoms with Gasteiger partial charge < -0.3 is 18.8 Å². The van der Waals surface area contributed by atoms with E-state index in [1.807, 2.05) is 30.3 Å². The Hall–Kier alpha value is -4.19. The maximum Gasteiger partial charge on any atom is 0.439 e. The first-order valence-electron chi connectivity index (χ1n) is 15.2. The molecular weight excluding hydrogens is 601 g/mol. The zero-order valence-corrected chi connectivity index (χ0v) is 25.3. The first-order chi connectivity index (χ1) is 21.8. The van der Waals surface area contributed by atoms with Gasteiger partial charge in [-0.25, -0.2) is 14.2 Å². The fraction of sp³-hybridized carbons (Fsp3) is 0.364. The number of hydrogen-bond acceptors (Lipinski definition) is 8. The van der Waals surface area contributed by atoms with E-state index in [0.29, 0.717) is 34.5 Å². The lowest BCUT2D eigenvalue weighted by Gasteiger charge is -2.33.